The zero-order chi connectivity index (χ0) is 31.6. The second-order valence-electron chi connectivity index (χ2n) is 8.66. The van der Waals surface area contributed by atoms with Crippen LogP contribution < -0.4 is 10.2 Å². The van der Waals surface area contributed by atoms with Gasteiger partial charge in [-0.3, -0.25) is 10.3 Å². The van der Waals surface area contributed by atoms with Crippen LogP contribution in [-0.4, -0.2) is 33.0 Å². The maximum Gasteiger partial charge on any atom is 0.416 e. The van der Waals surface area contributed by atoms with Gasteiger partial charge in [0.15, 0.2) is 17.4 Å². The Bertz CT molecular complexity index is 1500. The van der Waals surface area contributed by atoms with Crippen LogP contribution in [-0.2, 0) is 43.3 Å². The average molecular weight is 607 g/mol. The number of hydrogen-bond donors (Lipinski definition) is 1. The van der Waals surface area contributed by atoms with Crippen molar-refractivity contribution >= 4 is 17.3 Å². The van der Waals surface area contributed by atoms with Gasteiger partial charge in [0.2, 0.25) is 0 Å². The van der Waals surface area contributed by atoms with Gasteiger partial charge in [0.25, 0.3) is 0 Å². The van der Waals surface area contributed by atoms with E-state index in [9.17, 15) is 26.7 Å². The van der Waals surface area contributed by atoms with E-state index < -0.39 is 41.7 Å². The summed E-state index contributed by atoms with van der Waals surface area (Å²) in [6, 6.07) is 12.8. The molecule has 3 aromatic carbocycles. The predicted octanol–water partition coefficient (Wildman–Crippen LogP) is 6.31. The topological polar surface area (TPSA) is 87.6 Å². The summed E-state index contributed by atoms with van der Waals surface area (Å²) >= 11 is 0. The highest BCUT2D eigenvalue weighted by atomic mass is 19.4. The molecule has 0 fully saturated rings. The Hall–Kier alpha value is -4.91. The highest BCUT2D eigenvalue weighted by Gasteiger charge is 2.30. The van der Waals surface area contributed by atoms with Crippen LogP contribution >= 0.6 is 0 Å². The largest absolute Gasteiger partial charge is 0.503 e. The van der Waals surface area contributed by atoms with E-state index in [0.29, 0.717) is 11.1 Å². The summed E-state index contributed by atoms with van der Waals surface area (Å²) in [7, 11) is 3.82. The van der Waals surface area contributed by atoms with Gasteiger partial charge >= 0.3 is 12.1 Å². The molecule has 0 heterocycles. The van der Waals surface area contributed by atoms with Crippen LogP contribution in [0.1, 0.15) is 27.8 Å². The molecule has 0 atom stereocenters. The van der Waals surface area contributed by atoms with Crippen LogP contribution in [0.2, 0.25) is 0 Å². The number of carbonyl (C=O) groups is 1. The zero-order valence-electron chi connectivity index (χ0n) is 23.3. The standard InChI is InChI=1S/C30H27F5N2O6/c1-18(36-43-16-20-9-5-6-11-23(20)24(17-39-2)29(38)40-3)27(37-41-4)21-13-25(31)28(26(32)14-21)42-15-19-8-7-10-22(12-19)30(33,34)35/h5-14,17,36H,1,15-16H2,2-4H3. The highest BCUT2D eigenvalue weighted by molar-refractivity contribution is 6.16. The molecule has 1 N–H and O–H groups in total. The fourth-order valence-corrected chi connectivity index (χ4v) is 3.81. The average Bonchev–Trinajstić information content (AvgIpc) is 2.97. The van der Waals surface area contributed by atoms with Crippen molar-refractivity contribution in [3.8, 4) is 5.75 Å². The molecule has 0 bridgehead atoms. The number of ether oxygens (including phenoxy) is 3. The molecule has 228 valence electrons. The normalized spacial score (nSPS) is 12.0. The Morgan fingerprint density at radius 1 is 0.977 bits per heavy atom. The SMILES string of the molecule is C=C(NOCc1ccccc1C(=COC)C(=O)OC)C(=NOC)c1cc(F)c(OCc2cccc(C(F)(F)F)c2)c(F)c1. The molecule has 0 radical (unpaired) electrons. The van der Waals surface area contributed by atoms with E-state index in [0.717, 1.165) is 24.3 Å². The van der Waals surface area contributed by atoms with E-state index in [4.69, 9.17) is 23.9 Å². The number of carbonyl (C=O) groups excluding carboxylic acids is 1. The first-order chi connectivity index (χ1) is 20.5. The van der Waals surface area contributed by atoms with E-state index >= 15 is 0 Å². The predicted molar refractivity (Wildman–Crippen MR) is 146 cm³/mol. The fourth-order valence-electron chi connectivity index (χ4n) is 3.81. The Kier molecular flexibility index (Phi) is 11.2. The Labute approximate surface area is 243 Å². The van der Waals surface area contributed by atoms with E-state index in [1.165, 1.54) is 39.7 Å². The van der Waals surface area contributed by atoms with Crippen LogP contribution in [0.25, 0.3) is 5.57 Å². The first-order valence-electron chi connectivity index (χ1n) is 12.4. The van der Waals surface area contributed by atoms with Gasteiger partial charge in [0.05, 0.1) is 31.7 Å². The van der Waals surface area contributed by atoms with Crippen molar-refractivity contribution in [2.45, 2.75) is 19.4 Å². The molecule has 43 heavy (non-hydrogen) atoms. The molecule has 3 aromatic rings. The number of esters is 1. The monoisotopic (exact) mass is 606 g/mol. The summed E-state index contributed by atoms with van der Waals surface area (Å²) in [4.78, 5) is 22.5. The van der Waals surface area contributed by atoms with Gasteiger partial charge in [-0.2, -0.15) is 13.2 Å². The van der Waals surface area contributed by atoms with Gasteiger partial charge < -0.3 is 19.0 Å². The molecule has 13 heteroatoms. The first kappa shape index (κ1) is 32.6. The lowest BCUT2D eigenvalue weighted by Crippen LogP contribution is -2.22. The van der Waals surface area contributed by atoms with Crippen molar-refractivity contribution in [3.63, 3.8) is 0 Å². The number of methoxy groups -OCH3 is 2. The number of hydroxylamine groups is 1. The molecule has 0 saturated carbocycles. The number of benzene rings is 3. The zero-order valence-corrected chi connectivity index (χ0v) is 23.3. The second-order valence-corrected chi connectivity index (χ2v) is 8.66. The van der Waals surface area contributed by atoms with E-state index in [-0.39, 0.29) is 34.7 Å². The van der Waals surface area contributed by atoms with Crippen molar-refractivity contribution in [1.29, 1.82) is 0 Å². The van der Waals surface area contributed by atoms with Crippen molar-refractivity contribution in [2.24, 2.45) is 5.16 Å². The van der Waals surface area contributed by atoms with Crippen LogP contribution in [0.5, 0.6) is 5.75 Å². The molecule has 0 aliphatic carbocycles. The number of alkyl halides is 3. The van der Waals surface area contributed by atoms with E-state index in [1.807, 2.05) is 0 Å². The number of nitrogens with one attached hydrogen (secondary N) is 1. The van der Waals surface area contributed by atoms with Gasteiger partial charge in [0.1, 0.15) is 31.6 Å². The van der Waals surface area contributed by atoms with E-state index in [2.05, 4.69) is 17.2 Å². The molecular formula is C30H27F5N2O6. The molecule has 0 saturated heterocycles. The van der Waals surface area contributed by atoms with Crippen molar-refractivity contribution in [2.75, 3.05) is 21.3 Å². The molecule has 0 amide bonds. The summed E-state index contributed by atoms with van der Waals surface area (Å²) in [6.07, 6.45) is -3.35. The Morgan fingerprint density at radius 3 is 2.30 bits per heavy atom. The van der Waals surface area contributed by atoms with E-state index in [1.54, 1.807) is 24.3 Å². The fraction of sp³-hybridized carbons (Fsp3) is 0.200. The maximum atomic E-state index is 14.9. The minimum Gasteiger partial charge on any atom is -0.503 e. The van der Waals surface area contributed by atoms with Crippen LogP contribution in [0.15, 0.2) is 84.4 Å². The lowest BCUT2D eigenvalue weighted by Gasteiger charge is -2.15. The Balaban J connectivity index is 1.74. The molecule has 0 aliphatic heterocycles. The third-order valence-corrected chi connectivity index (χ3v) is 5.75. The third-order valence-electron chi connectivity index (χ3n) is 5.75. The molecule has 3 rings (SSSR count). The van der Waals surface area contributed by atoms with Crippen LogP contribution in [0.3, 0.4) is 0 Å². The molecule has 0 aliphatic rings. The lowest BCUT2D eigenvalue weighted by molar-refractivity contribution is -0.137. The maximum absolute atomic E-state index is 14.9. The number of rotatable bonds is 13. The van der Waals surface area contributed by atoms with Gasteiger partial charge in [-0.05, 0) is 41.0 Å². The van der Waals surface area contributed by atoms with Gasteiger partial charge in [-0.15, -0.1) is 0 Å². The number of hydrogen-bond acceptors (Lipinski definition) is 8. The summed E-state index contributed by atoms with van der Waals surface area (Å²) in [5.74, 6) is -3.72. The summed E-state index contributed by atoms with van der Waals surface area (Å²) in [5, 5.41) is 3.77. The number of allylic oxidation sites excluding steroid dienone is 1. The quantitative estimate of drug-likeness (QED) is 0.0610. The van der Waals surface area contributed by atoms with Crippen LogP contribution in [0.4, 0.5) is 22.0 Å². The number of nitrogens with zero attached hydrogens (tertiary/aromatic N) is 1. The summed E-state index contributed by atoms with van der Waals surface area (Å²) < 4.78 is 83.7. The number of oxime groups is 1. The lowest BCUT2D eigenvalue weighted by atomic mass is 10.0. The molecular weight excluding hydrogens is 579 g/mol. The van der Waals surface area contributed by atoms with Gasteiger partial charge in [0, 0.05) is 5.56 Å². The molecule has 0 unspecified atom stereocenters. The Morgan fingerprint density at radius 2 is 1.67 bits per heavy atom. The summed E-state index contributed by atoms with van der Waals surface area (Å²) in [6.45, 7) is 3.16. The second kappa shape index (κ2) is 14.8. The van der Waals surface area contributed by atoms with Gasteiger partial charge in [-0.25, -0.2) is 13.6 Å². The minimum absolute atomic E-state index is 0.0450. The summed E-state index contributed by atoms with van der Waals surface area (Å²) in [5.41, 5.74) is 2.56. The third kappa shape index (κ3) is 8.55. The minimum atomic E-state index is -4.58. The number of halogens is 5. The molecule has 0 aromatic heterocycles. The highest BCUT2D eigenvalue weighted by Crippen LogP contribution is 2.31. The molecule has 8 nitrogen and oxygen atoms in total. The molecule has 0 spiro atoms. The first-order valence-corrected chi connectivity index (χ1v) is 12.4. The van der Waals surface area contributed by atoms with Crippen molar-refractivity contribution < 1.29 is 50.6 Å². The van der Waals surface area contributed by atoms with Crippen molar-refractivity contribution in [3.05, 3.63) is 119 Å². The van der Waals surface area contributed by atoms with Crippen molar-refractivity contribution in [1.82, 2.24) is 5.48 Å². The smallest absolute Gasteiger partial charge is 0.416 e. The van der Waals surface area contributed by atoms with Gasteiger partial charge in [-0.1, -0.05) is 48.1 Å². The van der Waals surface area contributed by atoms with Crippen LogP contribution in [0, 0.1) is 11.6 Å².